The molecule has 0 spiro atoms. The number of carbonyl (C=O) groups excluding carboxylic acids is 2. The molecule has 2 aliphatic heterocycles. The summed E-state index contributed by atoms with van der Waals surface area (Å²) < 4.78 is 5.56. The maximum absolute atomic E-state index is 13.8. The van der Waals surface area contributed by atoms with Gasteiger partial charge in [0.2, 0.25) is 0 Å². The van der Waals surface area contributed by atoms with Gasteiger partial charge in [0.05, 0.1) is 17.9 Å². The quantitative estimate of drug-likeness (QED) is 0.577. The van der Waals surface area contributed by atoms with Gasteiger partial charge in [0, 0.05) is 18.1 Å². The maximum atomic E-state index is 13.8. The standard InChI is InChI=1S/C26H29ClN2O3/c1-5-32-21-10-7-19(8-11-21)23-24(28-14-16(2)12-17(3)15-28)26(31)29(25(23)30)22-13-20(27)9-6-18(22)4/h6-11,13,16-17H,5,12,14-15H2,1-4H3. The molecule has 5 nitrogen and oxygen atoms in total. The van der Waals surface area contributed by atoms with E-state index >= 15 is 0 Å². The lowest BCUT2D eigenvalue weighted by atomic mass is 9.91. The Morgan fingerprint density at radius 1 is 1.00 bits per heavy atom. The normalized spacial score (nSPS) is 21.5. The molecule has 2 aromatic rings. The highest BCUT2D eigenvalue weighted by molar-refractivity contribution is 6.45. The van der Waals surface area contributed by atoms with Gasteiger partial charge in [-0.3, -0.25) is 9.59 Å². The minimum Gasteiger partial charge on any atom is -0.494 e. The second-order valence-corrected chi connectivity index (χ2v) is 9.34. The number of benzene rings is 2. The topological polar surface area (TPSA) is 49.9 Å². The molecule has 2 unspecified atom stereocenters. The molecule has 0 aliphatic carbocycles. The minimum absolute atomic E-state index is 0.287. The van der Waals surface area contributed by atoms with Gasteiger partial charge in [-0.05, 0) is 67.5 Å². The number of ether oxygens (including phenoxy) is 1. The van der Waals surface area contributed by atoms with E-state index in [4.69, 9.17) is 16.3 Å². The van der Waals surface area contributed by atoms with E-state index in [1.807, 2.05) is 44.2 Å². The molecule has 0 radical (unpaired) electrons. The molecule has 0 N–H and O–H groups in total. The number of hydrogen-bond donors (Lipinski definition) is 0. The van der Waals surface area contributed by atoms with Crippen LogP contribution in [0.15, 0.2) is 48.2 Å². The predicted octanol–water partition coefficient (Wildman–Crippen LogP) is 5.31. The Kier molecular flexibility index (Phi) is 6.29. The molecule has 6 heteroatoms. The number of nitrogens with zero attached hydrogens (tertiary/aromatic N) is 2. The predicted molar refractivity (Wildman–Crippen MR) is 128 cm³/mol. The van der Waals surface area contributed by atoms with E-state index in [0.29, 0.717) is 40.4 Å². The smallest absolute Gasteiger partial charge is 0.282 e. The fourth-order valence-electron chi connectivity index (χ4n) is 4.84. The van der Waals surface area contributed by atoms with Crippen molar-refractivity contribution in [2.24, 2.45) is 11.8 Å². The van der Waals surface area contributed by atoms with Crippen molar-refractivity contribution in [2.45, 2.75) is 34.1 Å². The van der Waals surface area contributed by atoms with E-state index in [0.717, 1.165) is 36.4 Å². The van der Waals surface area contributed by atoms with Crippen LogP contribution in [-0.2, 0) is 9.59 Å². The molecule has 2 aromatic carbocycles. The number of anilines is 1. The Hall–Kier alpha value is -2.79. The van der Waals surface area contributed by atoms with Gasteiger partial charge >= 0.3 is 0 Å². The maximum Gasteiger partial charge on any atom is 0.282 e. The first-order valence-corrected chi connectivity index (χ1v) is 11.5. The number of aryl methyl sites for hydroxylation is 1. The molecule has 0 aromatic heterocycles. The SMILES string of the molecule is CCOc1ccc(C2=C(N3CC(C)CC(C)C3)C(=O)N(c3cc(Cl)ccc3C)C2=O)cc1. The van der Waals surface area contributed by atoms with Gasteiger partial charge in [-0.15, -0.1) is 0 Å². The van der Waals surface area contributed by atoms with Gasteiger partial charge in [-0.2, -0.15) is 0 Å². The average Bonchev–Trinajstić information content (AvgIpc) is 3.00. The Balaban J connectivity index is 1.83. The van der Waals surface area contributed by atoms with E-state index in [-0.39, 0.29) is 11.8 Å². The number of piperidine rings is 1. The zero-order valence-electron chi connectivity index (χ0n) is 19.0. The third-order valence-corrected chi connectivity index (χ3v) is 6.35. The van der Waals surface area contributed by atoms with Gasteiger partial charge in [-0.1, -0.05) is 43.6 Å². The van der Waals surface area contributed by atoms with Crippen molar-refractivity contribution in [3.8, 4) is 5.75 Å². The van der Waals surface area contributed by atoms with Crippen LogP contribution in [0.4, 0.5) is 5.69 Å². The van der Waals surface area contributed by atoms with Crippen LogP contribution < -0.4 is 9.64 Å². The number of likely N-dealkylation sites (tertiary alicyclic amines) is 1. The number of hydrogen-bond acceptors (Lipinski definition) is 4. The van der Waals surface area contributed by atoms with Crippen LogP contribution in [0, 0.1) is 18.8 Å². The lowest BCUT2D eigenvalue weighted by Gasteiger charge is -2.37. The summed E-state index contributed by atoms with van der Waals surface area (Å²) in [6, 6.07) is 12.7. The van der Waals surface area contributed by atoms with Crippen molar-refractivity contribution in [3.63, 3.8) is 0 Å². The summed E-state index contributed by atoms with van der Waals surface area (Å²) in [5, 5.41) is 0.488. The van der Waals surface area contributed by atoms with Crippen LogP contribution in [-0.4, -0.2) is 36.4 Å². The zero-order chi connectivity index (χ0) is 23.0. The molecule has 2 amide bonds. The van der Waals surface area contributed by atoms with Gasteiger partial charge < -0.3 is 9.64 Å². The summed E-state index contributed by atoms with van der Waals surface area (Å²) in [4.78, 5) is 30.9. The van der Waals surface area contributed by atoms with Crippen molar-refractivity contribution in [1.29, 1.82) is 0 Å². The van der Waals surface area contributed by atoms with E-state index in [9.17, 15) is 9.59 Å². The molecular weight excluding hydrogens is 424 g/mol. The largest absolute Gasteiger partial charge is 0.494 e. The number of rotatable bonds is 5. The summed E-state index contributed by atoms with van der Waals surface area (Å²) in [6.45, 7) is 10.3. The van der Waals surface area contributed by atoms with Crippen LogP contribution in [0.3, 0.4) is 0 Å². The molecule has 2 heterocycles. The van der Waals surface area contributed by atoms with Gasteiger partial charge in [-0.25, -0.2) is 4.90 Å². The first-order chi connectivity index (χ1) is 15.3. The van der Waals surface area contributed by atoms with Crippen LogP contribution in [0.1, 0.15) is 38.3 Å². The molecule has 4 rings (SSSR count). The molecular formula is C26H29ClN2O3. The zero-order valence-corrected chi connectivity index (χ0v) is 19.8. The van der Waals surface area contributed by atoms with Crippen LogP contribution in [0.25, 0.3) is 5.57 Å². The van der Waals surface area contributed by atoms with Crippen molar-refractivity contribution < 1.29 is 14.3 Å². The van der Waals surface area contributed by atoms with E-state index < -0.39 is 0 Å². The minimum atomic E-state index is -0.314. The summed E-state index contributed by atoms with van der Waals surface area (Å²) in [5.41, 5.74) is 3.00. The Labute approximate surface area is 194 Å². The van der Waals surface area contributed by atoms with E-state index in [1.165, 1.54) is 4.90 Å². The molecule has 2 atom stereocenters. The number of imide groups is 1. The van der Waals surface area contributed by atoms with Crippen molar-refractivity contribution in [3.05, 3.63) is 64.3 Å². The second-order valence-electron chi connectivity index (χ2n) is 8.91. The fourth-order valence-corrected chi connectivity index (χ4v) is 5.01. The van der Waals surface area contributed by atoms with Gasteiger partial charge in [0.25, 0.3) is 11.8 Å². The first-order valence-electron chi connectivity index (χ1n) is 11.2. The molecule has 0 saturated carbocycles. The fraction of sp³-hybridized carbons (Fsp3) is 0.385. The van der Waals surface area contributed by atoms with E-state index in [2.05, 4.69) is 18.7 Å². The number of amides is 2. The van der Waals surface area contributed by atoms with Crippen molar-refractivity contribution in [1.82, 2.24) is 4.90 Å². The van der Waals surface area contributed by atoms with E-state index in [1.54, 1.807) is 12.1 Å². The molecule has 168 valence electrons. The summed E-state index contributed by atoms with van der Waals surface area (Å²) >= 11 is 6.23. The molecule has 32 heavy (non-hydrogen) atoms. The number of halogens is 1. The van der Waals surface area contributed by atoms with Crippen molar-refractivity contribution in [2.75, 3.05) is 24.6 Å². The van der Waals surface area contributed by atoms with Crippen LogP contribution in [0.2, 0.25) is 5.02 Å². The number of carbonyl (C=O) groups is 2. The second kappa shape index (κ2) is 8.99. The average molecular weight is 453 g/mol. The third kappa shape index (κ3) is 4.14. The highest BCUT2D eigenvalue weighted by Crippen LogP contribution is 2.39. The van der Waals surface area contributed by atoms with Crippen LogP contribution >= 0.6 is 11.6 Å². The molecule has 0 bridgehead atoms. The van der Waals surface area contributed by atoms with Gasteiger partial charge in [0.15, 0.2) is 0 Å². The summed E-state index contributed by atoms with van der Waals surface area (Å²) in [7, 11) is 0. The first kappa shape index (κ1) is 22.4. The summed E-state index contributed by atoms with van der Waals surface area (Å²) in [6.07, 6.45) is 1.11. The van der Waals surface area contributed by atoms with Crippen LogP contribution in [0.5, 0.6) is 5.75 Å². The Morgan fingerprint density at radius 3 is 2.28 bits per heavy atom. The third-order valence-electron chi connectivity index (χ3n) is 6.11. The Bertz CT molecular complexity index is 1070. The van der Waals surface area contributed by atoms with Gasteiger partial charge in [0.1, 0.15) is 11.4 Å². The molecule has 1 saturated heterocycles. The highest BCUT2D eigenvalue weighted by atomic mass is 35.5. The van der Waals surface area contributed by atoms with Crippen molar-refractivity contribution >= 4 is 34.7 Å². The lowest BCUT2D eigenvalue weighted by molar-refractivity contribution is -0.120. The monoisotopic (exact) mass is 452 g/mol. The highest BCUT2D eigenvalue weighted by Gasteiger charge is 2.44. The molecule has 2 aliphatic rings. The summed E-state index contributed by atoms with van der Waals surface area (Å²) in [5.74, 6) is 1.02. The molecule has 1 fully saturated rings. The Morgan fingerprint density at radius 2 is 1.66 bits per heavy atom. The lowest BCUT2D eigenvalue weighted by Crippen LogP contribution is -2.42.